The summed E-state index contributed by atoms with van der Waals surface area (Å²) >= 11 is 5.16. The molecule has 0 aliphatic carbocycles. The average molecular weight is 494 g/mol. The number of esters is 1. The van der Waals surface area contributed by atoms with Gasteiger partial charge in [-0.15, -0.1) is 0 Å². The molecule has 188 valence electrons. The van der Waals surface area contributed by atoms with Crippen LogP contribution in [-0.4, -0.2) is 46.6 Å². The van der Waals surface area contributed by atoms with Gasteiger partial charge < -0.3 is 24.8 Å². The molecule has 1 aromatic rings. The second-order valence-corrected chi connectivity index (χ2v) is 11.1. The van der Waals surface area contributed by atoms with Crippen molar-refractivity contribution in [3.8, 4) is 5.75 Å². The van der Waals surface area contributed by atoms with Crippen LogP contribution < -0.4 is 20.9 Å². The summed E-state index contributed by atoms with van der Waals surface area (Å²) in [7, 11) is 0. The largest absolute Gasteiger partial charge is 0.486 e. The fraction of sp³-hybridized carbons (Fsp3) is 0.625. The van der Waals surface area contributed by atoms with Crippen LogP contribution in [0.15, 0.2) is 18.2 Å². The SMILES string of the molecule is CC(C)(C)OC(=O)NOC(C)(C(=O)OC(C)(C)C)C1CCc2cc(C3CNC(=S)N3)ccc2O1. The third-order valence-electron chi connectivity index (χ3n) is 5.37. The highest BCUT2D eigenvalue weighted by atomic mass is 32.1. The van der Waals surface area contributed by atoms with E-state index in [0.717, 1.165) is 17.7 Å². The maximum absolute atomic E-state index is 13.2. The molecule has 0 radical (unpaired) electrons. The fourth-order valence-corrected chi connectivity index (χ4v) is 3.96. The number of hydrogen-bond acceptors (Lipinski definition) is 7. The van der Waals surface area contributed by atoms with E-state index in [2.05, 4.69) is 22.2 Å². The Balaban J connectivity index is 1.79. The predicted molar refractivity (Wildman–Crippen MR) is 130 cm³/mol. The molecule has 2 aliphatic heterocycles. The van der Waals surface area contributed by atoms with Crippen LogP contribution in [0, 0.1) is 0 Å². The number of hydrogen-bond donors (Lipinski definition) is 3. The number of amides is 1. The van der Waals surface area contributed by atoms with E-state index in [1.54, 1.807) is 48.5 Å². The minimum Gasteiger partial charge on any atom is -0.486 e. The number of thiocarbonyl (C=S) groups is 1. The van der Waals surface area contributed by atoms with Gasteiger partial charge in [-0.25, -0.2) is 14.4 Å². The molecule has 1 aromatic carbocycles. The Kier molecular flexibility index (Phi) is 7.33. The average Bonchev–Trinajstić information content (AvgIpc) is 3.15. The first kappa shape index (κ1) is 26.0. The smallest absolute Gasteiger partial charge is 0.431 e. The Morgan fingerprint density at radius 3 is 2.35 bits per heavy atom. The van der Waals surface area contributed by atoms with Crippen LogP contribution in [0.1, 0.15) is 72.1 Å². The van der Waals surface area contributed by atoms with Crippen molar-refractivity contribution in [1.82, 2.24) is 16.1 Å². The molecule has 0 saturated carbocycles. The van der Waals surface area contributed by atoms with Gasteiger partial charge in [-0.2, -0.15) is 5.48 Å². The molecule has 9 nitrogen and oxygen atoms in total. The number of benzene rings is 1. The number of rotatable bonds is 5. The van der Waals surface area contributed by atoms with Crippen LogP contribution in [0.4, 0.5) is 4.79 Å². The summed E-state index contributed by atoms with van der Waals surface area (Å²) in [6, 6.07) is 6.04. The Labute approximate surface area is 206 Å². The summed E-state index contributed by atoms with van der Waals surface area (Å²) in [5, 5.41) is 7.00. The van der Waals surface area contributed by atoms with Crippen LogP contribution in [0.25, 0.3) is 0 Å². The normalized spacial score (nSPS) is 21.8. The molecule has 1 amide bonds. The van der Waals surface area contributed by atoms with E-state index in [0.29, 0.717) is 23.7 Å². The van der Waals surface area contributed by atoms with Crippen molar-refractivity contribution in [1.29, 1.82) is 0 Å². The molecule has 1 fully saturated rings. The molecule has 3 atom stereocenters. The van der Waals surface area contributed by atoms with E-state index in [1.807, 2.05) is 12.1 Å². The van der Waals surface area contributed by atoms with E-state index in [-0.39, 0.29) is 6.04 Å². The minimum absolute atomic E-state index is 0.101. The summed E-state index contributed by atoms with van der Waals surface area (Å²) in [4.78, 5) is 31.1. The van der Waals surface area contributed by atoms with Gasteiger partial charge in [0.2, 0.25) is 5.60 Å². The monoisotopic (exact) mass is 493 g/mol. The van der Waals surface area contributed by atoms with Gasteiger partial charge >= 0.3 is 12.1 Å². The van der Waals surface area contributed by atoms with Gasteiger partial charge in [0.1, 0.15) is 23.1 Å². The number of nitrogens with one attached hydrogen (secondary N) is 3. The second-order valence-electron chi connectivity index (χ2n) is 10.7. The lowest BCUT2D eigenvalue weighted by atomic mass is 9.89. The fourth-order valence-electron chi connectivity index (χ4n) is 3.73. The summed E-state index contributed by atoms with van der Waals surface area (Å²) < 4.78 is 17.1. The lowest BCUT2D eigenvalue weighted by Gasteiger charge is -2.39. The van der Waals surface area contributed by atoms with Crippen molar-refractivity contribution in [2.45, 2.75) is 90.3 Å². The molecule has 3 N–H and O–H groups in total. The first-order valence-corrected chi connectivity index (χ1v) is 11.8. The van der Waals surface area contributed by atoms with Gasteiger partial charge in [-0.05, 0) is 96.8 Å². The third-order valence-corrected chi connectivity index (χ3v) is 5.63. The maximum atomic E-state index is 13.2. The van der Waals surface area contributed by atoms with E-state index in [9.17, 15) is 9.59 Å². The predicted octanol–water partition coefficient (Wildman–Crippen LogP) is 3.46. The first-order valence-electron chi connectivity index (χ1n) is 11.4. The third kappa shape index (κ3) is 6.50. The minimum atomic E-state index is -1.61. The molecular formula is C24H35N3O6S. The Hall–Kier alpha value is -2.59. The Morgan fingerprint density at radius 1 is 1.09 bits per heavy atom. The van der Waals surface area contributed by atoms with Gasteiger partial charge in [-0.3, -0.25) is 0 Å². The molecule has 3 unspecified atom stereocenters. The van der Waals surface area contributed by atoms with Gasteiger partial charge in [-0.1, -0.05) is 6.07 Å². The van der Waals surface area contributed by atoms with Crippen LogP contribution in [0.5, 0.6) is 5.75 Å². The van der Waals surface area contributed by atoms with E-state index >= 15 is 0 Å². The number of carbonyl (C=O) groups excluding carboxylic acids is 2. The van der Waals surface area contributed by atoms with Crippen LogP contribution in [0.3, 0.4) is 0 Å². The van der Waals surface area contributed by atoms with E-state index in [1.165, 1.54) is 0 Å². The topological polar surface area (TPSA) is 107 Å². The lowest BCUT2D eigenvalue weighted by Crippen LogP contribution is -2.58. The van der Waals surface area contributed by atoms with E-state index < -0.39 is 35.0 Å². The number of ether oxygens (including phenoxy) is 3. The summed E-state index contributed by atoms with van der Waals surface area (Å²) in [5.41, 5.74) is 1.30. The molecule has 34 heavy (non-hydrogen) atoms. The van der Waals surface area contributed by atoms with E-state index in [4.69, 9.17) is 31.3 Å². The number of fused-ring (bicyclic) bond motifs is 1. The highest BCUT2D eigenvalue weighted by molar-refractivity contribution is 7.80. The second kappa shape index (κ2) is 9.58. The van der Waals surface area contributed by atoms with Crippen molar-refractivity contribution >= 4 is 29.4 Å². The zero-order valence-electron chi connectivity index (χ0n) is 20.9. The van der Waals surface area contributed by atoms with Gasteiger partial charge in [0.25, 0.3) is 0 Å². The van der Waals surface area contributed by atoms with Crippen LogP contribution >= 0.6 is 12.2 Å². The highest BCUT2D eigenvalue weighted by Gasteiger charge is 2.50. The Bertz CT molecular complexity index is 955. The number of carbonyl (C=O) groups is 2. The zero-order valence-corrected chi connectivity index (χ0v) is 21.7. The molecule has 2 heterocycles. The molecule has 3 rings (SSSR count). The summed E-state index contributed by atoms with van der Waals surface area (Å²) in [5.74, 6) is 0.0139. The highest BCUT2D eigenvalue weighted by Crippen LogP contribution is 2.36. The van der Waals surface area contributed by atoms with Crippen LogP contribution in [-0.2, 0) is 25.5 Å². The zero-order chi connectivity index (χ0) is 25.3. The van der Waals surface area contributed by atoms with Gasteiger partial charge in [0.05, 0.1) is 6.04 Å². The number of aryl methyl sites for hydroxylation is 1. The first-order chi connectivity index (χ1) is 15.7. The molecule has 2 aliphatic rings. The summed E-state index contributed by atoms with van der Waals surface area (Å²) in [6.45, 7) is 12.8. The maximum Gasteiger partial charge on any atom is 0.431 e. The van der Waals surface area contributed by atoms with Crippen molar-refractivity contribution < 1.29 is 28.6 Å². The number of hydroxylamine groups is 1. The van der Waals surface area contributed by atoms with Gasteiger partial charge in [0, 0.05) is 6.54 Å². The molecule has 10 heteroatoms. The van der Waals surface area contributed by atoms with Crippen molar-refractivity contribution in [3.05, 3.63) is 29.3 Å². The molecule has 0 aromatic heterocycles. The van der Waals surface area contributed by atoms with Crippen LogP contribution in [0.2, 0.25) is 0 Å². The molecular weight excluding hydrogens is 458 g/mol. The molecule has 0 spiro atoms. The summed E-state index contributed by atoms with van der Waals surface area (Å²) in [6.07, 6.45) is -0.364. The van der Waals surface area contributed by atoms with Crippen molar-refractivity contribution in [3.63, 3.8) is 0 Å². The molecule has 0 bridgehead atoms. The van der Waals surface area contributed by atoms with Gasteiger partial charge in [0.15, 0.2) is 5.11 Å². The quantitative estimate of drug-likeness (QED) is 0.323. The molecule has 1 saturated heterocycles. The van der Waals surface area contributed by atoms with Crippen molar-refractivity contribution in [2.75, 3.05) is 6.54 Å². The lowest BCUT2D eigenvalue weighted by molar-refractivity contribution is -0.205. The standard InChI is InChI=1S/C24H35N3O6S/c1-22(2,3)31-19(28)24(7,33-27-21(29)32-23(4,5)6)18-11-9-15-12-14(8-10-17(15)30-18)16-13-25-20(34)26-16/h8,10,12,16,18H,9,11,13H2,1-7H3,(H,27,29)(H2,25,26,34). The Morgan fingerprint density at radius 2 is 1.76 bits per heavy atom. The van der Waals surface area contributed by atoms with Crippen molar-refractivity contribution in [2.24, 2.45) is 0 Å².